The predicted molar refractivity (Wildman–Crippen MR) is 282 cm³/mol. The molecule has 1 amide bonds. The molecule has 20 heteroatoms. The number of carbonyl (C=O) groups is 1. The van der Waals surface area contributed by atoms with Crippen molar-refractivity contribution in [3.8, 4) is 5.69 Å². The first-order chi connectivity index (χ1) is 33.9. The average molecular weight is 1020 g/mol. The normalized spacial score (nSPS) is 18.1. The molecule has 0 saturated carbocycles. The molecule has 2 saturated heterocycles. The second kappa shape index (κ2) is 20.8. The second-order valence-corrected chi connectivity index (χ2v) is 28.6. The Labute approximate surface area is 420 Å². The van der Waals surface area contributed by atoms with Crippen molar-refractivity contribution in [2.45, 2.75) is 76.5 Å². The summed E-state index contributed by atoms with van der Waals surface area (Å²) < 4.78 is 45.5. The first kappa shape index (κ1) is 50.3. The summed E-state index contributed by atoms with van der Waals surface area (Å²) >= 11 is 6.28. The molecule has 6 aromatic rings. The van der Waals surface area contributed by atoms with Crippen molar-refractivity contribution in [2.75, 3.05) is 75.8 Å². The number of allylic oxidation sites excluding steroid dienone is 1. The van der Waals surface area contributed by atoms with E-state index in [0.717, 1.165) is 85.8 Å². The van der Waals surface area contributed by atoms with E-state index in [0.29, 0.717) is 49.8 Å². The summed E-state index contributed by atoms with van der Waals surface area (Å²) in [4.78, 5) is 35.3. The van der Waals surface area contributed by atoms with Crippen LogP contribution in [0, 0.1) is 15.5 Å². The van der Waals surface area contributed by atoms with Gasteiger partial charge in [-0.2, -0.15) is 5.10 Å². The van der Waals surface area contributed by atoms with E-state index in [9.17, 15) is 23.3 Å². The van der Waals surface area contributed by atoms with Crippen LogP contribution in [0.4, 0.5) is 17.1 Å². The van der Waals surface area contributed by atoms with Crippen LogP contribution in [0.15, 0.2) is 95.7 Å². The van der Waals surface area contributed by atoms with E-state index in [-0.39, 0.29) is 29.3 Å². The zero-order valence-electron chi connectivity index (χ0n) is 41.0. The van der Waals surface area contributed by atoms with Gasteiger partial charge in [-0.3, -0.25) is 19.8 Å². The number of nitro groups is 1. The summed E-state index contributed by atoms with van der Waals surface area (Å²) in [6, 6.07) is 22.0. The third kappa shape index (κ3) is 11.8. The number of rotatable bonds is 17. The molecule has 0 bridgehead atoms. The van der Waals surface area contributed by atoms with Gasteiger partial charge in [0.15, 0.2) is 0 Å². The molecule has 5 heterocycles. The van der Waals surface area contributed by atoms with Gasteiger partial charge in [0, 0.05) is 95.4 Å². The van der Waals surface area contributed by atoms with Gasteiger partial charge in [-0.25, -0.2) is 22.8 Å². The Bertz CT molecular complexity index is 3080. The molecule has 0 spiro atoms. The Morgan fingerprint density at radius 1 is 1.04 bits per heavy atom. The first-order valence-corrected chi connectivity index (χ1v) is 29.9. The molecule has 1 atom stereocenters. The molecule has 376 valence electrons. The highest BCUT2D eigenvalue weighted by atomic mass is 35.5. The minimum absolute atomic E-state index is 0.0326. The van der Waals surface area contributed by atoms with Crippen LogP contribution in [-0.4, -0.2) is 123 Å². The van der Waals surface area contributed by atoms with Crippen molar-refractivity contribution < 1.29 is 27.6 Å². The monoisotopic (exact) mass is 1020 g/mol. The summed E-state index contributed by atoms with van der Waals surface area (Å²) in [5.41, 5.74) is 7.12. The fourth-order valence-electron chi connectivity index (χ4n) is 9.56. The first-order valence-electron chi connectivity index (χ1n) is 24.3. The number of sulfonamides is 1. The summed E-state index contributed by atoms with van der Waals surface area (Å²) in [7, 11) is -5.88. The number of ether oxygens (including phenoxy) is 2. The molecule has 3 aromatic heterocycles. The molecule has 0 radical (unpaired) electrons. The number of piperazine rings is 1. The Hall–Kier alpha value is -5.67. The highest BCUT2D eigenvalue weighted by Crippen LogP contribution is 2.43. The van der Waals surface area contributed by atoms with Crippen molar-refractivity contribution >= 4 is 80.3 Å². The topological polar surface area (TPSA) is 191 Å². The maximum Gasteiger partial charge on any atom is 0.293 e. The smallest absolute Gasteiger partial charge is 0.293 e. The van der Waals surface area contributed by atoms with Crippen LogP contribution in [0.3, 0.4) is 0 Å². The summed E-state index contributed by atoms with van der Waals surface area (Å²) in [5, 5.41) is 24.8. The molecule has 9 rings (SSSR count). The van der Waals surface area contributed by atoms with Gasteiger partial charge in [0.2, 0.25) is 0 Å². The lowest BCUT2D eigenvalue weighted by atomic mass is 9.72. The number of morpholine rings is 1. The minimum atomic E-state index is -4.61. The van der Waals surface area contributed by atoms with Crippen LogP contribution < -0.4 is 20.3 Å². The molecular weight excluding hydrogens is 960 g/mol. The van der Waals surface area contributed by atoms with Crippen LogP contribution in [0.1, 0.15) is 49.0 Å². The number of hydrogen-bond donors (Lipinski definition) is 3. The van der Waals surface area contributed by atoms with Crippen LogP contribution in [0.25, 0.3) is 33.3 Å². The lowest BCUT2D eigenvalue weighted by Gasteiger charge is -2.39. The number of pyridine rings is 1. The molecule has 17 nitrogen and oxygen atoms in total. The van der Waals surface area contributed by atoms with Gasteiger partial charge in [-0.05, 0) is 96.5 Å². The van der Waals surface area contributed by atoms with E-state index >= 15 is 0 Å². The molecule has 2 aliphatic heterocycles. The number of amides is 1. The lowest BCUT2D eigenvalue weighted by Crippen LogP contribution is -2.47. The Morgan fingerprint density at radius 2 is 1.83 bits per heavy atom. The van der Waals surface area contributed by atoms with Crippen molar-refractivity contribution in [1.29, 1.82) is 0 Å². The molecule has 71 heavy (non-hydrogen) atoms. The van der Waals surface area contributed by atoms with E-state index in [1.165, 1.54) is 28.8 Å². The Morgan fingerprint density at radius 3 is 2.56 bits per heavy atom. The lowest BCUT2D eigenvalue weighted by molar-refractivity contribution is -0.384. The molecule has 1 aliphatic carbocycles. The molecule has 3 N–H and O–H groups in total. The van der Waals surface area contributed by atoms with Crippen LogP contribution in [0.5, 0.6) is 0 Å². The van der Waals surface area contributed by atoms with Gasteiger partial charge in [0.1, 0.15) is 23.6 Å². The zero-order valence-corrected chi connectivity index (χ0v) is 43.6. The number of nitro benzene ring substituents is 1. The third-order valence-corrected chi connectivity index (χ3v) is 17.0. The number of nitrogens with one attached hydrogen (secondary N) is 3. The molecule has 3 aromatic carbocycles. The van der Waals surface area contributed by atoms with E-state index in [4.69, 9.17) is 31.2 Å². The number of halogens is 1. The third-order valence-electron chi connectivity index (χ3n) is 13.7. The van der Waals surface area contributed by atoms with Gasteiger partial charge in [0.05, 0.1) is 45.5 Å². The van der Waals surface area contributed by atoms with E-state index in [2.05, 4.69) is 70.8 Å². The standard InChI is InChI=1S/C51H63ClN10O7SSi/c1-51(2)16-14-37(43(29-51)35-6-8-38(52)9-7-35)33-58-19-21-59(22-20-58)39-10-12-42(50(63)57-70(66,67)41-11-13-44(48(28-41)62(64)65)54-31-40-30-53-17-23-69-40)46(27-39)61-47-26-36-15-18-60(34-68-24-25-71(3,4)5)49(36)56-45(47)32-55-61/h6-13,15,18,26-28,32,40,53-54H,14,16-17,19-25,29-31,33-34H2,1-5H3,(H,57,63)/t40-/m0/s1. The SMILES string of the molecule is CC1(C)CCC(CN2CCN(c3ccc(C(=O)NS(=O)(=O)c4ccc(NC[C@@H]5CNCCO5)c([N+](=O)[O-])c4)c(-n4ncc5nc6c(ccn6COCC[Si](C)(C)C)cc54)c3)CC2)=C(c2ccc(Cl)cc2)C1. The number of anilines is 2. The minimum Gasteiger partial charge on any atom is -0.377 e. The fourth-order valence-corrected chi connectivity index (χ4v) is 11.4. The average Bonchev–Trinajstić information content (AvgIpc) is 3.95. The maximum absolute atomic E-state index is 14.4. The number of nitrogens with zero attached hydrogens (tertiary/aromatic N) is 7. The van der Waals surface area contributed by atoms with Crippen molar-refractivity contribution in [3.05, 3.63) is 117 Å². The van der Waals surface area contributed by atoms with E-state index < -0.39 is 39.5 Å². The number of carbonyl (C=O) groups excluding carboxylic acids is 1. The van der Waals surface area contributed by atoms with E-state index in [1.54, 1.807) is 16.9 Å². The van der Waals surface area contributed by atoms with Crippen LogP contribution >= 0.6 is 11.6 Å². The molecule has 3 aliphatic rings. The van der Waals surface area contributed by atoms with Crippen molar-refractivity contribution in [2.24, 2.45) is 5.41 Å². The highest BCUT2D eigenvalue weighted by molar-refractivity contribution is 7.90. The van der Waals surface area contributed by atoms with Gasteiger partial charge >= 0.3 is 0 Å². The van der Waals surface area contributed by atoms with Crippen LogP contribution in [0.2, 0.25) is 30.7 Å². The number of benzene rings is 3. The van der Waals surface area contributed by atoms with Gasteiger partial charge < -0.3 is 29.6 Å². The molecular formula is C51H63ClN10O7SSi. The Kier molecular flexibility index (Phi) is 14.7. The predicted octanol–water partition coefficient (Wildman–Crippen LogP) is 8.55. The number of aromatic nitrogens is 4. The quantitative estimate of drug-likeness (QED) is 0.0341. The summed E-state index contributed by atoms with van der Waals surface area (Å²) in [5.74, 6) is -0.928. The van der Waals surface area contributed by atoms with Crippen LogP contribution in [-0.2, 0) is 26.2 Å². The van der Waals surface area contributed by atoms with Gasteiger partial charge in [0.25, 0.3) is 21.6 Å². The van der Waals surface area contributed by atoms with Gasteiger partial charge in [-0.15, -0.1) is 0 Å². The van der Waals surface area contributed by atoms with Crippen molar-refractivity contribution in [1.82, 2.24) is 34.3 Å². The van der Waals surface area contributed by atoms with E-state index in [1.807, 2.05) is 47.2 Å². The van der Waals surface area contributed by atoms with Gasteiger partial charge in [-0.1, -0.05) is 62.8 Å². The summed E-state index contributed by atoms with van der Waals surface area (Å²) in [6.45, 7) is 18.7. The molecule has 2 fully saturated rings. The molecule has 0 unspecified atom stereocenters. The second-order valence-electron chi connectivity index (χ2n) is 20.8. The largest absolute Gasteiger partial charge is 0.377 e. The number of fused-ring (bicyclic) bond motifs is 2. The Balaban J connectivity index is 0.993. The maximum atomic E-state index is 14.4. The summed E-state index contributed by atoms with van der Waals surface area (Å²) in [6.07, 6.45) is 6.53. The van der Waals surface area contributed by atoms with Crippen molar-refractivity contribution in [3.63, 3.8) is 0 Å². The fraction of sp³-hybridized carbons (Fsp3) is 0.431. The highest BCUT2D eigenvalue weighted by Gasteiger charge is 2.31. The number of hydrogen-bond acceptors (Lipinski definition) is 13. The zero-order chi connectivity index (χ0) is 50.1.